The zero-order valence-electron chi connectivity index (χ0n) is 17.8. The van der Waals surface area contributed by atoms with Crippen molar-refractivity contribution in [1.29, 1.82) is 0 Å². The Morgan fingerprint density at radius 1 is 1.23 bits per heavy atom. The predicted octanol–water partition coefficient (Wildman–Crippen LogP) is 2.53. The number of aliphatic imine (C=N–C) groups is 1. The van der Waals surface area contributed by atoms with Crippen molar-refractivity contribution in [2.75, 3.05) is 39.3 Å². The summed E-state index contributed by atoms with van der Waals surface area (Å²) in [5, 5.41) is 18.2. The fourth-order valence-corrected chi connectivity index (χ4v) is 3.88. The third-order valence-corrected chi connectivity index (χ3v) is 5.38. The van der Waals surface area contributed by atoms with Crippen LogP contribution in [0.5, 0.6) is 0 Å². The van der Waals surface area contributed by atoms with Gasteiger partial charge in [-0.15, -0.1) is 0 Å². The zero-order chi connectivity index (χ0) is 21.3. The summed E-state index contributed by atoms with van der Waals surface area (Å²) < 4.78 is 1.56. The Labute approximate surface area is 177 Å². The largest absolute Gasteiger partial charge is 0.357 e. The maximum Gasteiger partial charge on any atom is 0.306 e. The van der Waals surface area contributed by atoms with Gasteiger partial charge in [0, 0.05) is 38.8 Å². The molecule has 9 heteroatoms. The maximum absolute atomic E-state index is 10.8. The van der Waals surface area contributed by atoms with Gasteiger partial charge in [0.2, 0.25) is 0 Å². The molecule has 1 atom stereocenters. The van der Waals surface area contributed by atoms with Crippen molar-refractivity contribution in [2.45, 2.75) is 32.9 Å². The summed E-state index contributed by atoms with van der Waals surface area (Å²) in [4.78, 5) is 19.9. The molecule has 0 aliphatic carbocycles. The summed E-state index contributed by atoms with van der Waals surface area (Å²) in [6, 6.07) is 11.2. The molecule has 1 aliphatic heterocycles. The fraction of sp³-hybridized carbons (Fsp3) is 0.524. The van der Waals surface area contributed by atoms with E-state index >= 15 is 0 Å². The summed E-state index contributed by atoms with van der Waals surface area (Å²) in [6.07, 6.45) is 3.80. The van der Waals surface area contributed by atoms with Crippen molar-refractivity contribution in [1.82, 2.24) is 24.9 Å². The first-order valence-electron chi connectivity index (χ1n) is 10.6. The third-order valence-electron chi connectivity index (χ3n) is 5.38. The summed E-state index contributed by atoms with van der Waals surface area (Å²) in [6.45, 7) is 9.95. The van der Waals surface area contributed by atoms with E-state index in [9.17, 15) is 10.1 Å². The SMILES string of the molecule is CCNC(=NCCn1cc([N+](=O)[O-])cn1)N1CCN(C(CC)c2ccccc2)CC1. The number of benzene rings is 1. The standard InChI is InChI=1S/C21H31N7O2/c1-3-20(18-8-6-5-7-9-18)25-12-14-26(15-13-25)21(22-4-2)23-10-11-27-17-19(16-24-27)28(29)30/h5-9,16-17,20H,3-4,10-15H2,1-2H3,(H,22,23). The second-order valence-electron chi connectivity index (χ2n) is 7.31. The highest BCUT2D eigenvalue weighted by atomic mass is 16.6. The van der Waals surface area contributed by atoms with Gasteiger partial charge < -0.3 is 10.2 Å². The molecule has 2 aromatic rings. The minimum atomic E-state index is -0.435. The molecule has 1 unspecified atom stereocenters. The van der Waals surface area contributed by atoms with E-state index in [2.05, 4.69) is 64.4 Å². The Hall–Kier alpha value is -2.94. The molecule has 1 aromatic heterocycles. The highest BCUT2D eigenvalue weighted by Crippen LogP contribution is 2.25. The highest BCUT2D eigenvalue weighted by molar-refractivity contribution is 5.80. The number of nitro groups is 1. The lowest BCUT2D eigenvalue weighted by atomic mass is 10.0. The quantitative estimate of drug-likeness (QED) is 0.309. The number of nitrogens with one attached hydrogen (secondary N) is 1. The Kier molecular flexibility index (Phi) is 7.78. The smallest absolute Gasteiger partial charge is 0.306 e. The number of guanidine groups is 1. The van der Waals surface area contributed by atoms with Crippen LogP contribution in [0.25, 0.3) is 0 Å². The second-order valence-corrected chi connectivity index (χ2v) is 7.31. The van der Waals surface area contributed by atoms with Gasteiger partial charge in [0.05, 0.1) is 18.0 Å². The molecule has 2 heterocycles. The molecule has 0 saturated carbocycles. The van der Waals surface area contributed by atoms with Gasteiger partial charge >= 0.3 is 5.69 Å². The molecule has 30 heavy (non-hydrogen) atoms. The summed E-state index contributed by atoms with van der Waals surface area (Å²) in [5.41, 5.74) is 1.38. The zero-order valence-corrected chi connectivity index (χ0v) is 17.8. The molecule has 1 aliphatic rings. The van der Waals surface area contributed by atoms with Crippen molar-refractivity contribution in [2.24, 2.45) is 4.99 Å². The molecule has 3 rings (SSSR count). The molecule has 0 amide bonds. The van der Waals surface area contributed by atoms with E-state index in [0.29, 0.717) is 19.1 Å². The van der Waals surface area contributed by atoms with Crippen LogP contribution in [0.1, 0.15) is 31.9 Å². The second kappa shape index (κ2) is 10.7. The number of piperazine rings is 1. The monoisotopic (exact) mass is 413 g/mol. The van der Waals surface area contributed by atoms with Gasteiger partial charge in [0.15, 0.2) is 5.96 Å². The lowest BCUT2D eigenvalue weighted by Gasteiger charge is -2.40. The van der Waals surface area contributed by atoms with Gasteiger partial charge in [0.25, 0.3) is 0 Å². The summed E-state index contributed by atoms with van der Waals surface area (Å²) in [7, 11) is 0. The first-order chi connectivity index (χ1) is 14.6. The van der Waals surface area contributed by atoms with Crippen LogP contribution >= 0.6 is 0 Å². The van der Waals surface area contributed by atoms with Crippen molar-refractivity contribution in [3.05, 3.63) is 58.4 Å². The molecule has 0 spiro atoms. The molecule has 0 radical (unpaired) electrons. The van der Waals surface area contributed by atoms with E-state index in [0.717, 1.165) is 45.1 Å². The first-order valence-corrected chi connectivity index (χ1v) is 10.6. The molecule has 1 fully saturated rings. The fourth-order valence-electron chi connectivity index (χ4n) is 3.88. The number of hydrogen-bond acceptors (Lipinski definition) is 5. The van der Waals surface area contributed by atoms with Gasteiger partial charge in [-0.3, -0.25) is 24.7 Å². The van der Waals surface area contributed by atoms with E-state index in [4.69, 9.17) is 4.99 Å². The third kappa shape index (κ3) is 5.56. The van der Waals surface area contributed by atoms with Gasteiger partial charge in [-0.25, -0.2) is 0 Å². The maximum atomic E-state index is 10.8. The average Bonchev–Trinajstić information content (AvgIpc) is 3.24. The van der Waals surface area contributed by atoms with E-state index in [1.807, 2.05) is 0 Å². The van der Waals surface area contributed by atoms with Crippen molar-refractivity contribution < 1.29 is 4.92 Å². The molecule has 162 valence electrons. The van der Waals surface area contributed by atoms with E-state index in [1.165, 1.54) is 18.0 Å². The molecule has 1 N–H and O–H groups in total. The first kappa shape index (κ1) is 21.8. The minimum Gasteiger partial charge on any atom is -0.357 e. The van der Waals surface area contributed by atoms with Crippen molar-refractivity contribution in [3.63, 3.8) is 0 Å². The van der Waals surface area contributed by atoms with E-state index in [-0.39, 0.29) is 5.69 Å². The van der Waals surface area contributed by atoms with Crippen LogP contribution in [-0.2, 0) is 6.54 Å². The number of rotatable bonds is 8. The Morgan fingerprint density at radius 3 is 2.57 bits per heavy atom. The molecule has 9 nitrogen and oxygen atoms in total. The number of nitrogens with zero attached hydrogens (tertiary/aromatic N) is 6. The average molecular weight is 414 g/mol. The lowest BCUT2D eigenvalue weighted by Crippen LogP contribution is -2.53. The van der Waals surface area contributed by atoms with Crippen LogP contribution in [0.15, 0.2) is 47.7 Å². The van der Waals surface area contributed by atoms with Gasteiger partial charge in [-0.05, 0) is 18.9 Å². The van der Waals surface area contributed by atoms with Crippen LogP contribution < -0.4 is 5.32 Å². The predicted molar refractivity (Wildman–Crippen MR) is 117 cm³/mol. The normalized spacial score (nSPS) is 16.5. The molecule has 1 aromatic carbocycles. The van der Waals surface area contributed by atoms with E-state index in [1.54, 1.807) is 4.68 Å². The number of hydrogen-bond donors (Lipinski definition) is 1. The van der Waals surface area contributed by atoms with Gasteiger partial charge in [0.1, 0.15) is 12.4 Å². The Bertz CT molecular complexity index is 829. The van der Waals surface area contributed by atoms with Crippen LogP contribution in [0, 0.1) is 10.1 Å². The highest BCUT2D eigenvalue weighted by Gasteiger charge is 2.25. The van der Waals surface area contributed by atoms with Gasteiger partial charge in [-0.2, -0.15) is 5.10 Å². The molecule has 0 bridgehead atoms. The van der Waals surface area contributed by atoms with Gasteiger partial charge in [-0.1, -0.05) is 37.3 Å². The van der Waals surface area contributed by atoms with Crippen LogP contribution in [0.3, 0.4) is 0 Å². The minimum absolute atomic E-state index is 0.00547. The van der Waals surface area contributed by atoms with Crippen LogP contribution in [-0.4, -0.2) is 69.7 Å². The lowest BCUT2D eigenvalue weighted by molar-refractivity contribution is -0.385. The van der Waals surface area contributed by atoms with Crippen LogP contribution in [0.2, 0.25) is 0 Å². The molecular weight excluding hydrogens is 382 g/mol. The summed E-state index contributed by atoms with van der Waals surface area (Å²) >= 11 is 0. The Morgan fingerprint density at radius 2 is 1.97 bits per heavy atom. The van der Waals surface area contributed by atoms with Crippen molar-refractivity contribution in [3.8, 4) is 0 Å². The number of aromatic nitrogens is 2. The topological polar surface area (TPSA) is 91.8 Å². The molecular formula is C21H31N7O2. The van der Waals surface area contributed by atoms with Crippen LogP contribution in [0.4, 0.5) is 5.69 Å². The van der Waals surface area contributed by atoms with E-state index < -0.39 is 4.92 Å². The van der Waals surface area contributed by atoms with Crippen molar-refractivity contribution >= 4 is 11.6 Å². The Balaban J connectivity index is 1.56. The molecule has 1 saturated heterocycles. The summed E-state index contributed by atoms with van der Waals surface area (Å²) in [5.74, 6) is 0.895.